The number of aliphatic hydroxyl groups is 1. The molecule has 2 aromatic rings. The van der Waals surface area contributed by atoms with Gasteiger partial charge in [0.25, 0.3) is 0 Å². The van der Waals surface area contributed by atoms with Crippen molar-refractivity contribution < 1.29 is 24.2 Å². The van der Waals surface area contributed by atoms with E-state index in [-0.39, 0.29) is 30.1 Å². The molecule has 0 aliphatic heterocycles. The molecule has 0 heterocycles. The van der Waals surface area contributed by atoms with Gasteiger partial charge in [0.05, 0.1) is 12.2 Å². The molecule has 6 nitrogen and oxygen atoms in total. The summed E-state index contributed by atoms with van der Waals surface area (Å²) >= 11 is 0. The second-order valence-corrected chi connectivity index (χ2v) is 11.1. The van der Waals surface area contributed by atoms with Gasteiger partial charge in [-0.25, -0.2) is 0 Å². The maximum atomic E-state index is 12.8. The second kappa shape index (κ2) is 15.0. The number of carbonyl (C=O) groups excluding carboxylic acids is 2. The zero-order valence-electron chi connectivity index (χ0n) is 23.1. The summed E-state index contributed by atoms with van der Waals surface area (Å²) in [6, 6.07) is 16.1. The molecule has 1 aliphatic carbocycles. The number of ether oxygens (including phenoxy) is 2. The Hall–Kier alpha value is -2.80. The lowest BCUT2D eigenvalue weighted by Crippen LogP contribution is -2.44. The number of nitrogens with one attached hydrogen (secondary N) is 1. The average Bonchev–Trinajstić information content (AvgIpc) is 3.40. The molecule has 0 saturated heterocycles. The van der Waals surface area contributed by atoms with Crippen LogP contribution in [0.3, 0.4) is 0 Å². The molecular formula is C32H43NO5. The van der Waals surface area contributed by atoms with Crippen molar-refractivity contribution in [1.82, 2.24) is 5.32 Å². The molecule has 0 bridgehead atoms. The molecule has 2 N–H and O–H groups in total. The molecule has 6 heteroatoms. The highest BCUT2D eigenvalue weighted by Gasteiger charge is 2.27. The second-order valence-electron chi connectivity index (χ2n) is 11.1. The molecule has 3 rings (SSSR count). The first-order valence-electron chi connectivity index (χ1n) is 13.8. The van der Waals surface area contributed by atoms with Crippen LogP contribution >= 0.6 is 0 Å². The van der Waals surface area contributed by atoms with E-state index < -0.39 is 12.6 Å². The number of esters is 1. The highest BCUT2D eigenvalue weighted by atomic mass is 16.6. The van der Waals surface area contributed by atoms with Gasteiger partial charge in [-0.1, -0.05) is 54.6 Å². The zero-order chi connectivity index (χ0) is 27.4. The third-order valence-corrected chi connectivity index (χ3v) is 6.63. The third-order valence-electron chi connectivity index (χ3n) is 6.63. The molecular weight excluding hydrogens is 478 g/mol. The number of benzene rings is 2. The van der Waals surface area contributed by atoms with Crippen molar-refractivity contribution in [3.8, 4) is 0 Å². The predicted molar refractivity (Wildman–Crippen MR) is 151 cm³/mol. The summed E-state index contributed by atoms with van der Waals surface area (Å²) in [6.07, 6.45) is 10.3. The van der Waals surface area contributed by atoms with Crippen molar-refractivity contribution in [2.24, 2.45) is 0 Å². The standard InChI is InChI=1S/C32H43NO5/c1-32(2,3)37-23-30(31(36)38-29-12-4-5-13-29)33-21-27-16-14-24(15-17-27)8-6-9-25-10-7-11-26(20-25)18-19-28(35)22-34/h7,10-11,14-20,29-30,33-34H,4-6,8-9,12-13,21-23H2,1-3H3/b19-18+/t30-/m0/s1. The monoisotopic (exact) mass is 521 g/mol. The zero-order valence-corrected chi connectivity index (χ0v) is 23.1. The maximum absolute atomic E-state index is 12.8. The van der Waals surface area contributed by atoms with Crippen LogP contribution in [0.15, 0.2) is 54.6 Å². The van der Waals surface area contributed by atoms with Gasteiger partial charge in [0.1, 0.15) is 18.8 Å². The summed E-state index contributed by atoms with van der Waals surface area (Å²) in [4.78, 5) is 24.1. The van der Waals surface area contributed by atoms with E-state index in [4.69, 9.17) is 14.6 Å². The van der Waals surface area contributed by atoms with Gasteiger partial charge in [0.2, 0.25) is 0 Å². The average molecular weight is 522 g/mol. The lowest BCUT2D eigenvalue weighted by atomic mass is 10.0. The van der Waals surface area contributed by atoms with Crippen LogP contribution in [-0.4, -0.2) is 47.8 Å². The van der Waals surface area contributed by atoms with Crippen molar-refractivity contribution in [3.63, 3.8) is 0 Å². The normalized spacial score (nSPS) is 15.2. The van der Waals surface area contributed by atoms with Crippen molar-refractivity contribution in [1.29, 1.82) is 0 Å². The first-order chi connectivity index (χ1) is 18.2. The Morgan fingerprint density at radius 1 is 1.03 bits per heavy atom. The van der Waals surface area contributed by atoms with Crippen LogP contribution in [0.5, 0.6) is 0 Å². The summed E-state index contributed by atoms with van der Waals surface area (Å²) in [5.41, 5.74) is 4.23. The van der Waals surface area contributed by atoms with E-state index in [9.17, 15) is 9.59 Å². The summed E-state index contributed by atoms with van der Waals surface area (Å²) in [5, 5.41) is 12.2. The quantitative estimate of drug-likeness (QED) is 0.263. The van der Waals surface area contributed by atoms with Crippen LogP contribution in [0.25, 0.3) is 6.08 Å². The van der Waals surface area contributed by atoms with E-state index >= 15 is 0 Å². The van der Waals surface area contributed by atoms with Crippen LogP contribution in [0.2, 0.25) is 0 Å². The Morgan fingerprint density at radius 3 is 2.39 bits per heavy atom. The van der Waals surface area contributed by atoms with Gasteiger partial charge < -0.3 is 14.6 Å². The molecule has 1 fully saturated rings. The van der Waals surface area contributed by atoms with Crippen molar-refractivity contribution in [2.45, 2.75) is 90.0 Å². The summed E-state index contributed by atoms with van der Waals surface area (Å²) in [7, 11) is 0. The lowest BCUT2D eigenvalue weighted by Gasteiger charge is -2.25. The highest BCUT2D eigenvalue weighted by Crippen LogP contribution is 2.22. The number of carbonyl (C=O) groups is 2. The van der Waals surface area contributed by atoms with E-state index in [0.29, 0.717) is 6.54 Å². The number of hydrogen-bond acceptors (Lipinski definition) is 6. The topological polar surface area (TPSA) is 84.9 Å². The largest absolute Gasteiger partial charge is 0.461 e. The Kier molecular flexibility index (Phi) is 11.7. The highest BCUT2D eigenvalue weighted by molar-refractivity contribution is 5.94. The number of aryl methyl sites for hydroxylation is 2. The van der Waals surface area contributed by atoms with E-state index in [1.54, 1.807) is 6.08 Å². The molecule has 0 unspecified atom stereocenters. The molecule has 1 aliphatic rings. The van der Waals surface area contributed by atoms with Gasteiger partial charge in [0, 0.05) is 6.54 Å². The van der Waals surface area contributed by atoms with Gasteiger partial charge in [-0.15, -0.1) is 0 Å². The smallest absolute Gasteiger partial charge is 0.325 e. The first-order valence-corrected chi connectivity index (χ1v) is 13.8. The van der Waals surface area contributed by atoms with Crippen LogP contribution in [-0.2, 0) is 38.4 Å². The molecule has 0 aromatic heterocycles. The van der Waals surface area contributed by atoms with Gasteiger partial charge in [-0.2, -0.15) is 0 Å². The minimum atomic E-state index is -0.498. The Labute approximate surface area is 227 Å². The first kappa shape index (κ1) is 29.8. The third kappa shape index (κ3) is 10.9. The number of aliphatic hydroxyl groups excluding tert-OH is 1. The van der Waals surface area contributed by atoms with Crippen LogP contribution in [0.4, 0.5) is 0 Å². The molecule has 206 valence electrons. The van der Waals surface area contributed by atoms with E-state index in [1.807, 2.05) is 32.9 Å². The minimum Gasteiger partial charge on any atom is -0.461 e. The number of hydrogen-bond donors (Lipinski definition) is 2. The van der Waals surface area contributed by atoms with E-state index in [2.05, 4.69) is 41.7 Å². The molecule has 0 radical (unpaired) electrons. The molecule has 0 amide bonds. The fourth-order valence-electron chi connectivity index (χ4n) is 4.45. The number of ketones is 1. The van der Waals surface area contributed by atoms with Gasteiger partial charge >= 0.3 is 5.97 Å². The number of rotatable bonds is 14. The Balaban J connectivity index is 1.47. The Bertz CT molecular complexity index is 1050. The Morgan fingerprint density at radius 2 is 1.71 bits per heavy atom. The SMILES string of the molecule is CC(C)(C)OC[C@H](NCc1ccc(CCCc2cccc(/C=C/C(=O)CO)c2)cc1)C(=O)OC1CCCC1. The van der Waals surface area contributed by atoms with Crippen molar-refractivity contribution in [2.75, 3.05) is 13.2 Å². The van der Waals surface area contributed by atoms with Crippen LogP contribution in [0.1, 0.15) is 75.1 Å². The van der Waals surface area contributed by atoms with Crippen molar-refractivity contribution in [3.05, 3.63) is 76.9 Å². The molecule has 0 spiro atoms. The maximum Gasteiger partial charge on any atom is 0.325 e. The van der Waals surface area contributed by atoms with Crippen LogP contribution < -0.4 is 5.32 Å². The van der Waals surface area contributed by atoms with Gasteiger partial charge in [-0.3, -0.25) is 14.9 Å². The predicted octanol–water partition coefficient (Wildman–Crippen LogP) is 5.20. The fourth-order valence-corrected chi connectivity index (χ4v) is 4.45. The molecule has 38 heavy (non-hydrogen) atoms. The molecule has 1 saturated carbocycles. The fraction of sp³-hybridized carbons (Fsp3) is 0.500. The van der Waals surface area contributed by atoms with Crippen molar-refractivity contribution >= 4 is 17.8 Å². The summed E-state index contributed by atoms with van der Waals surface area (Å²) < 4.78 is 11.7. The van der Waals surface area contributed by atoms with E-state index in [0.717, 1.165) is 56.1 Å². The summed E-state index contributed by atoms with van der Waals surface area (Å²) in [6.45, 7) is 6.34. The molecule has 1 atom stereocenters. The molecule has 2 aromatic carbocycles. The summed E-state index contributed by atoms with van der Waals surface area (Å²) in [5.74, 6) is -0.524. The lowest BCUT2D eigenvalue weighted by molar-refractivity contribution is -0.154. The van der Waals surface area contributed by atoms with E-state index in [1.165, 1.54) is 17.2 Å². The van der Waals surface area contributed by atoms with Gasteiger partial charge in [0.15, 0.2) is 5.78 Å². The van der Waals surface area contributed by atoms with Gasteiger partial charge in [-0.05, 0) is 94.0 Å². The van der Waals surface area contributed by atoms with Crippen LogP contribution in [0, 0.1) is 0 Å². The minimum absolute atomic E-state index is 0.0372.